The van der Waals surface area contributed by atoms with E-state index in [4.69, 9.17) is 0 Å². The largest absolute Gasteiger partial charge is 1.00 e. The second kappa shape index (κ2) is 10.5. The first-order valence-electron chi connectivity index (χ1n) is 4.59. The Morgan fingerprint density at radius 3 is 1.71 bits per heavy atom. The van der Waals surface area contributed by atoms with E-state index in [1.54, 1.807) is 7.05 Å². The summed E-state index contributed by atoms with van der Waals surface area (Å²) >= 11 is 0. The van der Waals surface area contributed by atoms with E-state index < -0.39 is 0 Å². The van der Waals surface area contributed by atoms with Crippen LogP contribution in [0.3, 0.4) is 0 Å². The fourth-order valence-electron chi connectivity index (χ4n) is 0.326. The summed E-state index contributed by atoms with van der Waals surface area (Å²) in [6.07, 6.45) is 1.22. The molecule has 0 unspecified atom stereocenters. The van der Waals surface area contributed by atoms with E-state index in [2.05, 4.69) is 39.8 Å². The van der Waals surface area contributed by atoms with Gasteiger partial charge in [0.05, 0.1) is 27.2 Å². The molecule has 0 aliphatic heterocycles. The highest BCUT2D eigenvalue weighted by Gasteiger charge is 2.04. The lowest BCUT2D eigenvalue weighted by atomic mass is 10.5. The Hall–Kier alpha value is -0.540. The molecular weight excluding hydrogens is 200 g/mol. The van der Waals surface area contributed by atoms with Crippen molar-refractivity contribution in [3.8, 4) is 0 Å². The van der Waals surface area contributed by atoms with Crippen LogP contribution in [0.1, 0.15) is 13.8 Å². The van der Waals surface area contributed by atoms with Gasteiger partial charge in [-0.15, -0.1) is 0 Å². The Morgan fingerprint density at radius 2 is 1.71 bits per heavy atom. The zero-order chi connectivity index (χ0) is 10.9. The highest BCUT2D eigenvalue weighted by Crippen LogP contribution is 1.91. The van der Waals surface area contributed by atoms with Gasteiger partial charge >= 0.3 is 0 Å². The molecule has 3 nitrogen and oxygen atoms in total. The minimum Gasteiger partial charge on any atom is -1.00 e. The van der Waals surface area contributed by atoms with Gasteiger partial charge in [-0.1, -0.05) is 6.58 Å². The third-order valence-corrected chi connectivity index (χ3v) is 2.14. The minimum atomic E-state index is -0.144. The van der Waals surface area contributed by atoms with Crippen LogP contribution in [0.5, 0.6) is 0 Å². The second-order valence-corrected chi connectivity index (χ2v) is 3.39. The third-order valence-electron chi connectivity index (χ3n) is 2.14. The van der Waals surface area contributed by atoms with Gasteiger partial charge in [0.25, 0.3) is 0 Å². The molecule has 14 heavy (non-hydrogen) atoms. The molecule has 0 aromatic rings. The Bertz CT molecular complexity index is 152. The van der Waals surface area contributed by atoms with Crippen molar-refractivity contribution in [2.45, 2.75) is 13.8 Å². The van der Waals surface area contributed by atoms with Crippen LogP contribution in [-0.4, -0.2) is 44.6 Å². The number of quaternary nitrogens is 1. The van der Waals surface area contributed by atoms with Crippen LogP contribution in [0.2, 0.25) is 0 Å². The summed E-state index contributed by atoms with van der Waals surface area (Å²) in [5.74, 6) is -0.144. The topological polar surface area (TPSA) is 29.1 Å². The summed E-state index contributed by atoms with van der Waals surface area (Å²) in [6.45, 7) is 10.1. The van der Waals surface area contributed by atoms with Gasteiger partial charge in [0.1, 0.15) is 0 Å². The van der Waals surface area contributed by atoms with Crippen molar-refractivity contribution in [2.24, 2.45) is 0 Å². The van der Waals surface area contributed by atoms with Crippen LogP contribution < -0.4 is 17.7 Å². The number of carbonyl (C=O) groups is 1. The Balaban J connectivity index is -0.000000163. The van der Waals surface area contributed by atoms with Crippen molar-refractivity contribution in [1.29, 1.82) is 0 Å². The van der Waals surface area contributed by atoms with Crippen LogP contribution in [0.4, 0.5) is 0 Å². The van der Waals surface area contributed by atoms with Crippen molar-refractivity contribution in [1.82, 2.24) is 5.32 Å². The van der Waals surface area contributed by atoms with E-state index >= 15 is 0 Å². The number of carbonyl (C=O) groups excluding carboxylic acids is 1. The van der Waals surface area contributed by atoms with E-state index in [0.29, 0.717) is 0 Å². The van der Waals surface area contributed by atoms with Crippen LogP contribution in [0.25, 0.3) is 0 Å². The zero-order valence-corrected chi connectivity index (χ0v) is 10.7. The van der Waals surface area contributed by atoms with E-state index in [0.717, 1.165) is 4.48 Å². The van der Waals surface area contributed by atoms with Crippen LogP contribution in [-0.2, 0) is 4.79 Å². The maximum absolute atomic E-state index is 9.95. The number of hydrogen-bond acceptors (Lipinski definition) is 1. The zero-order valence-electron chi connectivity index (χ0n) is 9.93. The predicted octanol–water partition coefficient (Wildman–Crippen LogP) is -1.97. The molecule has 0 heterocycles. The summed E-state index contributed by atoms with van der Waals surface area (Å²) in [5.41, 5.74) is 0. The number of nitrogens with zero attached hydrogens (tertiary/aromatic N) is 1. The Kier molecular flexibility index (Phi) is 14.4. The Morgan fingerprint density at radius 1 is 1.36 bits per heavy atom. The van der Waals surface area contributed by atoms with Gasteiger partial charge in [-0.05, 0) is 19.9 Å². The summed E-state index contributed by atoms with van der Waals surface area (Å²) in [5, 5.41) is 2.36. The molecule has 4 heteroatoms. The molecule has 0 aromatic carbocycles. The number of likely N-dealkylation sites (N-methyl/N-ethyl adjacent to an activating group) is 1. The summed E-state index contributed by atoms with van der Waals surface area (Å²) in [4.78, 5) is 9.95. The average Bonchev–Trinajstić information content (AvgIpc) is 2.17. The molecule has 0 saturated carbocycles. The molecule has 0 spiro atoms. The minimum absolute atomic E-state index is 0. The lowest BCUT2D eigenvalue weighted by Gasteiger charge is -2.25. The summed E-state index contributed by atoms with van der Waals surface area (Å²) in [6, 6.07) is 0. The van der Waals surface area contributed by atoms with Gasteiger partial charge in [-0.3, -0.25) is 4.79 Å². The number of rotatable bonds is 3. The number of nitrogens with one attached hydrogen (secondary N) is 1. The lowest BCUT2D eigenvalue weighted by Crippen LogP contribution is -3.00. The number of amides is 1. The third kappa shape index (κ3) is 14.0. The van der Waals surface area contributed by atoms with E-state index in [1.807, 2.05) is 0 Å². The molecule has 86 valence electrons. The van der Waals surface area contributed by atoms with Crippen molar-refractivity contribution >= 4 is 5.91 Å². The number of halogens is 1. The molecule has 0 radical (unpaired) electrons. The predicted molar refractivity (Wildman–Crippen MR) is 57.5 cm³/mol. The van der Waals surface area contributed by atoms with Crippen LogP contribution in [0.15, 0.2) is 12.7 Å². The molecule has 0 aliphatic carbocycles. The van der Waals surface area contributed by atoms with Crippen molar-refractivity contribution in [3.05, 3.63) is 12.7 Å². The molecule has 0 aliphatic rings. The molecular formula is C10H23ClN2O. The summed E-state index contributed by atoms with van der Waals surface area (Å²) < 4.78 is 1.14. The fraction of sp³-hybridized carbons (Fsp3) is 0.700. The average molecular weight is 223 g/mol. The molecule has 0 rings (SSSR count). The fourth-order valence-corrected chi connectivity index (χ4v) is 0.326. The van der Waals surface area contributed by atoms with Crippen molar-refractivity contribution < 1.29 is 21.7 Å². The van der Waals surface area contributed by atoms with Crippen LogP contribution in [0, 0.1) is 0 Å². The monoisotopic (exact) mass is 222 g/mol. The SMILES string of the molecule is C=CC(=O)NC.CC[N+](C)(C)CC.[Cl-]. The Labute approximate surface area is 94.2 Å². The first-order chi connectivity index (χ1) is 5.93. The summed E-state index contributed by atoms with van der Waals surface area (Å²) in [7, 11) is 6.03. The van der Waals surface area contributed by atoms with Gasteiger partial charge in [-0.2, -0.15) is 0 Å². The maximum atomic E-state index is 9.95. The molecule has 0 atom stereocenters. The van der Waals surface area contributed by atoms with Crippen molar-refractivity contribution in [3.63, 3.8) is 0 Å². The van der Waals surface area contributed by atoms with Crippen LogP contribution >= 0.6 is 0 Å². The van der Waals surface area contributed by atoms with E-state index in [9.17, 15) is 4.79 Å². The highest BCUT2D eigenvalue weighted by molar-refractivity contribution is 5.86. The van der Waals surface area contributed by atoms with E-state index in [1.165, 1.54) is 19.2 Å². The van der Waals surface area contributed by atoms with Gasteiger partial charge in [-0.25, -0.2) is 0 Å². The van der Waals surface area contributed by atoms with Gasteiger partial charge in [0, 0.05) is 7.05 Å². The van der Waals surface area contributed by atoms with Gasteiger partial charge in [0.15, 0.2) is 0 Å². The van der Waals surface area contributed by atoms with Gasteiger partial charge in [0.2, 0.25) is 5.91 Å². The van der Waals surface area contributed by atoms with E-state index in [-0.39, 0.29) is 18.3 Å². The molecule has 0 aromatic heterocycles. The van der Waals surface area contributed by atoms with Gasteiger partial charge < -0.3 is 22.2 Å². The molecule has 0 saturated heterocycles. The first kappa shape index (κ1) is 19.1. The second-order valence-electron chi connectivity index (χ2n) is 3.39. The number of hydrogen-bond donors (Lipinski definition) is 1. The smallest absolute Gasteiger partial charge is 0.243 e. The van der Waals surface area contributed by atoms with Crippen molar-refractivity contribution in [2.75, 3.05) is 34.2 Å². The molecule has 0 fully saturated rings. The molecule has 0 bridgehead atoms. The quantitative estimate of drug-likeness (QED) is 0.436. The standard InChI is InChI=1S/C6H16N.C4H7NO.ClH/c1-5-7(3,4)6-2;1-3-4(6)5-2;/h5-6H2,1-4H3;3H,1H2,2H3,(H,5,6);1H/q+1;;/p-1. The molecule has 1 N–H and O–H groups in total. The highest BCUT2D eigenvalue weighted by atomic mass is 35.5. The first-order valence-corrected chi connectivity index (χ1v) is 4.59. The molecule has 1 amide bonds. The lowest BCUT2D eigenvalue weighted by molar-refractivity contribution is -0.886. The maximum Gasteiger partial charge on any atom is 0.243 e. The normalized spacial score (nSPS) is 8.93.